The van der Waals surface area contributed by atoms with Gasteiger partial charge in [0.2, 0.25) is 0 Å². The molecule has 0 radical (unpaired) electrons. The number of anilines is 1. The van der Waals surface area contributed by atoms with Gasteiger partial charge in [-0.25, -0.2) is 4.39 Å². The Morgan fingerprint density at radius 2 is 1.90 bits per heavy atom. The topological polar surface area (TPSA) is 12.0 Å². The van der Waals surface area contributed by atoms with Crippen molar-refractivity contribution in [3.05, 3.63) is 64.4 Å². The summed E-state index contributed by atoms with van der Waals surface area (Å²) in [5.74, 6) is 0.312. The minimum Gasteiger partial charge on any atom is -0.382 e. The predicted molar refractivity (Wildman–Crippen MR) is 82.0 cm³/mol. The third-order valence-electron chi connectivity index (χ3n) is 4.09. The number of hydrogen-bond donors (Lipinski definition) is 1. The monoisotopic (exact) mass is 289 g/mol. The van der Waals surface area contributed by atoms with Crippen LogP contribution in [0.3, 0.4) is 0 Å². The minimum absolute atomic E-state index is 0.149. The van der Waals surface area contributed by atoms with Crippen LogP contribution >= 0.6 is 11.6 Å². The highest BCUT2D eigenvalue weighted by Gasteiger charge is 2.30. The summed E-state index contributed by atoms with van der Waals surface area (Å²) < 4.78 is 13.2. The second kappa shape index (κ2) is 5.45. The summed E-state index contributed by atoms with van der Waals surface area (Å²) in [5, 5.41) is 4.31. The predicted octanol–water partition coefficient (Wildman–Crippen LogP) is 5.15. The standard InChI is InChI=1S/C17H17ClFN/c1-11-16(18)6-3-7-17(11)20-15-9-13(10-15)12-4-2-5-14(19)8-12/h2-8,13,15,20H,9-10H2,1H3. The molecule has 0 amide bonds. The van der Waals surface area contributed by atoms with Crippen molar-refractivity contribution >= 4 is 17.3 Å². The first kappa shape index (κ1) is 13.4. The van der Waals surface area contributed by atoms with E-state index in [4.69, 9.17) is 11.6 Å². The lowest BCUT2D eigenvalue weighted by atomic mass is 9.75. The largest absolute Gasteiger partial charge is 0.382 e. The normalized spacial score (nSPS) is 21.4. The Balaban J connectivity index is 1.62. The van der Waals surface area contributed by atoms with Gasteiger partial charge < -0.3 is 5.32 Å². The third-order valence-corrected chi connectivity index (χ3v) is 4.49. The average Bonchev–Trinajstić information content (AvgIpc) is 2.38. The molecular weight excluding hydrogens is 273 g/mol. The lowest BCUT2D eigenvalue weighted by Crippen LogP contribution is -2.34. The van der Waals surface area contributed by atoms with E-state index >= 15 is 0 Å². The van der Waals surface area contributed by atoms with Gasteiger partial charge in [-0.1, -0.05) is 29.8 Å². The van der Waals surface area contributed by atoms with Crippen molar-refractivity contribution < 1.29 is 4.39 Å². The number of rotatable bonds is 3. The van der Waals surface area contributed by atoms with Crippen LogP contribution in [0.5, 0.6) is 0 Å². The van der Waals surface area contributed by atoms with Gasteiger partial charge in [-0.15, -0.1) is 0 Å². The van der Waals surface area contributed by atoms with E-state index in [2.05, 4.69) is 11.4 Å². The molecule has 2 aromatic carbocycles. The van der Waals surface area contributed by atoms with E-state index in [1.165, 1.54) is 6.07 Å². The van der Waals surface area contributed by atoms with Crippen molar-refractivity contribution in [2.75, 3.05) is 5.32 Å². The van der Waals surface area contributed by atoms with Crippen LogP contribution in [0.15, 0.2) is 42.5 Å². The minimum atomic E-state index is -0.149. The molecule has 1 N–H and O–H groups in total. The van der Waals surface area contributed by atoms with Crippen molar-refractivity contribution in [2.45, 2.75) is 31.7 Å². The Morgan fingerprint density at radius 1 is 1.15 bits per heavy atom. The summed E-state index contributed by atoms with van der Waals surface area (Å²) in [6.07, 6.45) is 2.07. The molecule has 0 spiro atoms. The molecule has 3 heteroatoms. The highest BCUT2D eigenvalue weighted by atomic mass is 35.5. The van der Waals surface area contributed by atoms with Crippen LogP contribution in [0.2, 0.25) is 5.02 Å². The number of nitrogens with one attached hydrogen (secondary N) is 1. The van der Waals surface area contributed by atoms with Gasteiger partial charge in [0, 0.05) is 16.8 Å². The van der Waals surface area contributed by atoms with Gasteiger partial charge in [0.15, 0.2) is 0 Å². The van der Waals surface area contributed by atoms with Gasteiger partial charge in [-0.2, -0.15) is 0 Å². The first-order chi connectivity index (χ1) is 9.63. The fourth-order valence-electron chi connectivity index (χ4n) is 2.75. The maximum absolute atomic E-state index is 13.2. The summed E-state index contributed by atoms with van der Waals surface area (Å²) in [6, 6.07) is 13.3. The van der Waals surface area contributed by atoms with Crippen molar-refractivity contribution in [3.63, 3.8) is 0 Å². The zero-order valence-electron chi connectivity index (χ0n) is 11.4. The molecule has 0 atom stereocenters. The van der Waals surface area contributed by atoms with E-state index in [0.717, 1.165) is 34.7 Å². The maximum Gasteiger partial charge on any atom is 0.123 e. The lowest BCUT2D eigenvalue weighted by molar-refractivity contribution is 0.373. The van der Waals surface area contributed by atoms with Gasteiger partial charge in [0.05, 0.1) is 0 Å². The zero-order chi connectivity index (χ0) is 14.1. The maximum atomic E-state index is 13.2. The average molecular weight is 290 g/mol. The van der Waals surface area contributed by atoms with Gasteiger partial charge >= 0.3 is 0 Å². The molecule has 20 heavy (non-hydrogen) atoms. The number of benzene rings is 2. The fourth-order valence-corrected chi connectivity index (χ4v) is 2.93. The van der Waals surface area contributed by atoms with E-state index in [0.29, 0.717) is 12.0 Å². The Morgan fingerprint density at radius 3 is 2.65 bits per heavy atom. The van der Waals surface area contributed by atoms with Gasteiger partial charge in [-0.05, 0) is 61.1 Å². The van der Waals surface area contributed by atoms with Crippen LogP contribution in [0.25, 0.3) is 0 Å². The van der Waals surface area contributed by atoms with Crippen molar-refractivity contribution in [1.29, 1.82) is 0 Å². The molecule has 0 unspecified atom stereocenters. The molecule has 0 saturated heterocycles. The number of hydrogen-bond acceptors (Lipinski definition) is 1. The van der Waals surface area contributed by atoms with Gasteiger partial charge in [0.25, 0.3) is 0 Å². The second-order valence-electron chi connectivity index (χ2n) is 5.48. The Bertz CT molecular complexity index is 620. The van der Waals surface area contributed by atoms with Crippen molar-refractivity contribution in [2.24, 2.45) is 0 Å². The molecule has 1 nitrogen and oxygen atoms in total. The van der Waals surface area contributed by atoms with E-state index in [1.54, 1.807) is 12.1 Å². The Hall–Kier alpha value is -1.54. The molecule has 0 bridgehead atoms. The van der Waals surface area contributed by atoms with Gasteiger partial charge in [-0.3, -0.25) is 0 Å². The first-order valence-corrected chi connectivity index (χ1v) is 7.28. The van der Waals surface area contributed by atoms with Gasteiger partial charge in [0.1, 0.15) is 5.82 Å². The third kappa shape index (κ3) is 2.66. The zero-order valence-corrected chi connectivity index (χ0v) is 12.1. The molecule has 1 fully saturated rings. The Kier molecular flexibility index (Phi) is 3.66. The first-order valence-electron chi connectivity index (χ1n) is 6.90. The molecule has 1 saturated carbocycles. The molecule has 0 aliphatic heterocycles. The lowest BCUT2D eigenvalue weighted by Gasteiger charge is -2.37. The summed E-state index contributed by atoms with van der Waals surface area (Å²) in [7, 11) is 0. The molecule has 104 valence electrons. The molecule has 0 aromatic heterocycles. The van der Waals surface area contributed by atoms with Crippen LogP contribution < -0.4 is 5.32 Å². The van der Waals surface area contributed by atoms with E-state index < -0.39 is 0 Å². The number of halogens is 2. The molecular formula is C17H17ClFN. The summed E-state index contributed by atoms with van der Waals surface area (Å²) >= 11 is 6.12. The smallest absolute Gasteiger partial charge is 0.123 e. The van der Waals surface area contributed by atoms with Crippen molar-refractivity contribution in [1.82, 2.24) is 0 Å². The van der Waals surface area contributed by atoms with E-state index in [1.807, 2.05) is 25.1 Å². The molecule has 1 aliphatic rings. The second-order valence-corrected chi connectivity index (χ2v) is 5.88. The fraction of sp³-hybridized carbons (Fsp3) is 0.294. The van der Waals surface area contributed by atoms with E-state index in [9.17, 15) is 4.39 Å². The summed E-state index contributed by atoms with van der Waals surface area (Å²) in [5.41, 5.74) is 3.29. The van der Waals surface area contributed by atoms with Crippen LogP contribution in [-0.4, -0.2) is 6.04 Å². The SMILES string of the molecule is Cc1c(Cl)cccc1NC1CC(c2cccc(F)c2)C1. The summed E-state index contributed by atoms with van der Waals surface area (Å²) in [4.78, 5) is 0. The van der Waals surface area contributed by atoms with Crippen LogP contribution in [0.1, 0.15) is 29.9 Å². The molecule has 2 aromatic rings. The molecule has 0 heterocycles. The van der Waals surface area contributed by atoms with Crippen molar-refractivity contribution in [3.8, 4) is 0 Å². The van der Waals surface area contributed by atoms with Crippen LogP contribution in [0, 0.1) is 12.7 Å². The molecule has 3 rings (SSSR count). The summed E-state index contributed by atoms with van der Waals surface area (Å²) in [6.45, 7) is 2.02. The van der Waals surface area contributed by atoms with Crippen LogP contribution in [-0.2, 0) is 0 Å². The van der Waals surface area contributed by atoms with Crippen LogP contribution in [0.4, 0.5) is 10.1 Å². The molecule has 1 aliphatic carbocycles. The van der Waals surface area contributed by atoms with E-state index in [-0.39, 0.29) is 5.82 Å². The Labute approximate surface area is 123 Å². The highest BCUT2D eigenvalue weighted by molar-refractivity contribution is 6.31. The quantitative estimate of drug-likeness (QED) is 0.824. The highest BCUT2D eigenvalue weighted by Crippen LogP contribution is 2.39.